The van der Waals surface area contributed by atoms with E-state index in [9.17, 15) is 4.79 Å². The van der Waals surface area contributed by atoms with E-state index >= 15 is 0 Å². The summed E-state index contributed by atoms with van der Waals surface area (Å²) in [4.78, 5) is 18.4. The maximum absolute atomic E-state index is 11.7. The Morgan fingerprint density at radius 2 is 1.75 bits per heavy atom. The summed E-state index contributed by atoms with van der Waals surface area (Å²) in [6.45, 7) is 8.69. The summed E-state index contributed by atoms with van der Waals surface area (Å²) >= 11 is 0. The number of hydrogen-bond donors (Lipinski definition) is 3. The first-order valence-electron chi connectivity index (χ1n) is 10.8. The highest BCUT2D eigenvalue weighted by Crippen LogP contribution is 2.32. The maximum Gasteiger partial charge on any atom is 0.222 e. The number of carbonyl (C=O) groups is 1. The van der Waals surface area contributed by atoms with Crippen molar-refractivity contribution in [2.45, 2.75) is 19.9 Å². The molecule has 1 saturated heterocycles. The molecular formula is C22H38IN5O4. The number of nitrogens with zero attached hydrogens (tertiary/aromatic N) is 2. The molecule has 9 nitrogen and oxygen atoms in total. The molecule has 1 amide bonds. The fraction of sp³-hybridized carbons (Fsp3) is 0.636. The van der Waals surface area contributed by atoms with Crippen molar-refractivity contribution in [3.05, 3.63) is 23.8 Å². The molecule has 1 atom stereocenters. The van der Waals surface area contributed by atoms with E-state index < -0.39 is 0 Å². The molecule has 0 spiro atoms. The zero-order valence-electron chi connectivity index (χ0n) is 19.8. The van der Waals surface area contributed by atoms with Crippen molar-refractivity contribution in [1.29, 1.82) is 0 Å². The number of hydrogen-bond acceptors (Lipinski definition) is 6. The van der Waals surface area contributed by atoms with E-state index in [1.807, 2.05) is 26.0 Å². The molecule has 1 unspecified atom stereocenters. The van der Waals surface area contributed by atoms with Crippen molar-refractivity contribution in [3.8, 4) is 11.5 Å². The van der Waals surface area contributed by atoms with Gasteiger partial charge in [0.1, 0.15) is 0 Å². The van der Waals surface area contributed by atoms with Crippen molar-refractivity contribution in [1.82, 2.24) is 20.9 Å². The lowest BCUT2D eigenvalue weighted by Gasteiger charge is -2.35. The molecule has 2 rings (SSSR count). The highest BCUT2D eigenvalue weighted by atomic mass is 127. The van der Waals surface area contributed by atoms with Gasteiger partial charge in [0.05, 0.1) is 33.5 Å². The number of aliphatic imine (C=N–C) groups is 1. The maximum atomic E-state index is 11.7. The molecule has 0 saturated carbocycles. The largest absolute Gasteiger partial charge is 0.493 e. The second-order valence-electron chi connectivity index (χ2n) is 7.60. The fourth-order valence-corrected chi connectivity index (χ4v) is 3.39. The van der Waals surface area contributed by atoms with Gasteiger partial charge in [0.15, 0.2) is 17.5 Å². The molecule has 1 aliphatic heterocycles. The molecule has 1 aliphatic rings. The minimum absolute atomic E-state index is 0. The van der Waals surface area contributed by atoms with Crippen LogP contribution in [-0.4, -0.2) is 84.0 Å². The summed E-state index contributed by atoms with van der Waals surface area (Å²) in [6, 6.07) is 6.15. The monoisotopic (exact) mass is 563 g/mol. The predicted octanol–water partition coefficient (Wildman–Crippen LogP) is 1.63. The van der Waals surface area contributed by atoms with E-state index in [4.69, 9.17) is 14.2 Å². The van der Waals surface area contributed by atoms with Crippen LogP contribution in [0.4, 0.5) is 0 Å². The van der Waals surface area contributed by atoms with Crippen LogP contribution in [0.1, 0.15) is 25.5 Å². The van der Waals surface area contributed by atoms with Gasteiger partial charge in [-0.25, -0.2) is 0 Å². The lowest BCUT2D eigenvalue weighted by molar-refractivity contribution is -0.123. The number of ether oxygens (including phenoxy) is 3. The Bertz CT molecular complexity index is 726. The van der Waals surface area contributed by atoms with Crippen molar-refractivity contribution < 1.29 is 19.0 Å². The van der Waals surface area contributed by atoms with Gasteiger partial charge in [0.2, 0.25) is 5.91 Å². The molecule has 1 aromatic rings. The molecule has 3 N–H and O–H groups in total. The van der Waals surface area contributed by atoms with Crippen LogP contribution in [0.3, 0.4) is 0 Å². The van der Waals surface area contributed by atoms with Crippen LogP contribution < -0.4 is 25.4 Å². The lowest BCUT2D eigenvalue weighted by Crippen LogP contribution is -2.47. The average Bonchev–Trinajstić information content (AvgIpc) is 2.80. The molecule has 0 radical (unpaired) electrons. The van der Waals surface area contributed by atoms with Crippen LogP contribution in [-0.2, 0) is 9.53 Å². The summed E-state index contributed by atoms with van der Waals surface area (Å²) in [5.41, 5.74) is 1.13. The second kappa shape index (κ2) is 15.1. The molecule has 0 aromatic heterocycles. The number of methoxy groups -OCH3 is 2. The first-order chi connectivity index (χ1) is 15.0. The molecule has 0 bridgehead atoms. The molecule has 182 valence electrons. The fourth-order valence-electron chi connectivity index (χ4n) is 3.39. The van der Waals surface area contributed by atoms with E-state index in [0.717, 1.165) is 18.7 Å². The standard InChI is InChI=1S/C22H37N5O4.HI/c1-16(2)21(28)24-8-9-25-22(23-3)26-15-18(27-10-12-31-13-11-27)17-6-7-19(29-4)20(14-17)30-5;/h6-7,14,16,18H,8-13,15H2,1-5H3,(H,24,28)(H2,23,25,26);1H. The molecule has 1 fully saturated rings. The molecule has 0 aliphatic carbocycles. The minimum atomic E-state index is -0.0202. The average molecular weight is 563 g/mol. The van der Waals surface area contributed by atoms with Crippen molar-refractivity contribution in [2.75, 3.05) is 67.2 Å². The van der Waals surface area contributed by atoms with Gasteiger partial charge in [-0.05, 0) is 17.7 Å². The third-order valence-electron chi connectivity index (χ3n) is 5.21. The van der Waals surface area contributed by atoms with Crippen molar-refractivity contribution in [3.63, 3.8) is 0 Å². The van der Waals surface area contributed by atoms with Gasteiger partial charge < -0.3 is 30.2 Å². The Kier molecular flexibility index (Phi) is 13.3. The second-order valence-corrected chi connectivity index (χ2v) is 7.60. The number of guanidine groups is 1. The van der Waals surface area contributed by atoms with Gasteiger partial charge in [-0.2, -0.15) is 0 Å². The van der Waals surface area contributed by atoms with Gasteiger partial charge >= 0.3 is 0 Å². The number of carbonyl (C=O) groups excluding carboxylic acids is 1. The summed E-state index contributed by atoms with van der Waals surface area (Å²) < 4.78 is 16.4. The van der Waals surface area contributed by atoms with Crippen LogP contribution in [0.2, 0.25) is 0 Å². The van der Waals surface area contributed by atoms with Gasteiger partial charge in [-0.15, -0.1) is 24.0 Å². The number of amides is 1. The smallest absolute Gasteiger partial charge is 0.222 e. The third-order valence-corrected chi connectivity index (χ3v) is 5.21. The number of nitrogens with one attached hydrogen (secondary N) is 3. The Labute approximate surface area is 208 Å². The Hall–Kier alpha value is -1.79. The summed E-state index contributed by atoms with van der Waals surface area (Å²) in [5, 5.41) is 9.56. The van der Waals surface area contributed by atoms with Crippen LogP contribution in [0.25, 0.3) is 0 Å². The third kappa shape index (κ3) is 8.62. The number of halogens is 1. The van der Waals surface area contributed by atoms with E-state index in [0.29, 0.717) is 50.3 Å². The van der Waals surface area contributed by atoms with Gasteiger partial charge in [-0.3, -0.25) is 14.7 Å². The van der Waals surface area contributed by atoms with Crippen LogP contribution in [0.15, 0.2) is 23.2 Å². The number of morpholine rings is 1. The summed E-state index contributed by atoms with van der Waals surface area (Å²) in [5.74, 6) is 2.14. The number of rotatable bonds is 10. The first-order valence-corrected chi connectivity index (χ1v) is 10.8. The van der Waals surface area contributed by atoms with Gasteiger partial charge in [-0.1, -0.05) is 19.9 Å². The Morgan fingerprint density at radius 3 is 2.34 bits per heavy atom. The van der Waals surface area contributed by atoms with Crippen LogP contribution in [0, 0.1) is 5.92 Å². The van der Waals surface area contributed by atoms with E-state index in [1.165, 1.54) is 0 Å². The molecule has 1 aromatic carbocycles. The zero-order chi connectivity index (χ0) is 22.6. The molecule has 32 heavy (non-hydrogen) atoms. The van der Waals surface area contributed by atoms with Crippen molar-refractivity contribution in [2.24, 2.45) is 10.9 Å². The highest BCUT2D eigenvalue weighted by Gasteiger charge is 2.24. The first kappa shape index (κ1) is 28.2. The van der Waals surface area contributed by atoms with Gasteiger partial charge in [0, 0.05) is 45.7 Å². The Balaban J connectivity index is 0.00000512. The zero-order valence-corrected chi connectivity index (χ0v) is 22.1. The van der Waals surface area contributed by atoms with Crippen LogP contribution in [0.5, 0.6) is 11.5 Å². The van der Waals surface area contributed by atoms with Crippen LogP contribution >= 0.6 is 24.0 Å². The van der Waals surface area contributed by atoms with E-state index in [2.05, 4.69) is 31.9 Å². The topological polar surface area (TPSA) is 96.5 Å². The summed E-state index contributed by atoms with van der Waals surface area (Å²) in [6.07, 6.45) is 0. The molecule has 1 heterocycles. The van der Waals surface area contributed by atoms with Gasteiger partial charge in [0.25, 0.3) is 0 Å². The predicted molar refractivity (Wildman–Crippen MR) is 137 cm³/mol. The normalized spacial score (nSPS) is 15.5. The summed E-state index contributed by atoms with van der Waals surface area (Å²) in [7, 11) is 5.02. The quantitative estimate of drug-likeness (QED) is 0.172. The van der Waals surface area contributed by atoms with E-state index in [-0.39, 0.29) is 41.8 Å². The Morgan fingerprint density at radius 1 is 1.09 bits per heavy atom. The molecular weight excluding hydrogens is 525 g/mol. The minimum Gasteiger partial charge on any atom is -0.493 e. The highest BCUT2D eigenvalue weighted by molar-refractivity contribution is 14.0. The lowest BCUT2D eigenvalue weighted by atomic mass is 10.0. The SMILES string of the molecule is CN=C(NCCNC(=O)C(C)C)NCC(c1ccc(OC)c(OC)c1)N1CCOCC1.I. The van der Waals surface area contributed by atoms with E-state index in [1.54, 1.807) is 21.3 Å². The van der Waals surface area contributed by atoms with Crippen molar-refractivity contribution >= 4 is 35.8 Å². The number of benzene rings is 1. The molecule has 10 heteroatoms.